The molecule has 0 fully saturated rings. The Hall–Kier alpha value is -2.42. The maximum atomic E-state index is 13.5. The molecule has 1 heterocycles. The van der Waals surface area contributed by atoms with E-state index in [1.807, 2.05) is 4.72 Å². The number of aromatic nitrogens is 1. The molecule has 0 saturated heterocycles. The summed E-state index contributed by atoms with van der Waals surface area (Å²) in [6, 6.07) is 2.60. The van der Waals surface area contributed by atoms with E-state index in [0.717, 1.165) is 24.4 Å². The zero-order valence-electron chi connectivity index (χ0n) is 10.6. The second kappa shape index (κ2) is 5.17. The fourth-order valence-electron chi connectivity index (χ4n) is 1.82. The molecule has 1 aromatic heterocycles. The summed E-state index contributed by atoms with van der Waals surface area (Å²) >= 11 is 0. The number of H-pyrrole nitrogens is 1. The largest absolute Gasteiger partial charge is 0.478 e. The molecule has 0 radical (unpaired) electrons. The third-order valence-electron chi connectivity index (χ3n) is 2.72. The van der Waals surface area contributed by atoms with Crippen molar-refractivity contribution in [3.63, 3.8) is 0 Å². The molecule has 0 unspecified atom stereocenters. The molecule has 3 N–H and O–H groups in total. The lowest BCUT2D eigenvalue weighted by Gasteiger charge is -2.09. The summed E-state index contributed by atoms with van der Waals surface area (Å²) in [5.41, 5.74) is -0.424. The van der Waals surface area contributed by atoms with Crippen LogP contribution in [0.15, 0.2) is 29.3 Å². The lowest BCUT2D eigenvalue weighted by atomic mass is 10.2. The molecular weight excluding hydrogens is 306 g/mol. The van der Waals surface area contributed by atoms with E-state index in [-0.39, 0.29) is 16.9 Å². The summed E-state index contributed by atoms with van der Waals surface area (Å²) < 4.78 is 53.0. The smallest absolute Gasteiger partial charge is 0.339 e. The fourth-order valence-corrected chi connectivity index (χ4v) is 3.02. The van der Waals surface area contributed by atoms with Gasteiger partial charge in [0.15, 0.2) is 4.90 Å². The highest BCUT2D eigenvalue weighted by atomic mass is 32.2. The number of halogens is 2. The van der Waals surface area contributed by atoms with Crippen molar-refractivity contribution in [3.05, 3.63) is 47.3 Å². The van der Waals surface area contributed by atoms with Crippen LogP contribution in [0.4, 0.5) is 14.5 Å². The number of benzene rings is 1. The third-order valence-corrected chi connectivity index (χ3v) is 4.14. The molecule has 0 bridgehead atoms. The molecular formula is C12H10F2N2O4S. The molecule has 1 aromatic carbocycles. The van der Waals surface area contributed by atoms with E-state index < -0.39 is 32.5 Å². The first kappa shape index (κ1) is 15.0. The summed E-state index contributed by atoms with van der Waals surface area (Å²) in [4.78, 5) is 12.4. The Morgan fingerprint density at radius 2 is 1.86 bits per heavy atom. The summed E-state index contributed by atoms with van der Waals surface area (Å²) in [6.45, 7) is 1.42. The maximum absolute atomic E-state index is 13.5. The van der Waals surface area contributed by atoms with Crippen molar-refractivity contribution in [1.82, 2.24) is 4.98 Å². The first-order chi connectivity index (χ1) is 9.74. The Labute approximate surface area is 118 Å². The molecule has 0 atom stereocenters. The number of sulfonamides is 1. The number of aryl methyl sites for hydroxylation is 1. The predicted octanol–water partition coefficient (Wildman–Crippen LogP) is 2.10. The number of nitrogens with one attached hydrogen (secondary N) is 2. The Morgan fingerprint density at radius 3 is 2.38 bits per heavy atom. The fraction of sp³-hybridized carbons (Fsp3) is 0.0833. The second-order valence-electron chi connectivity index (χ2n) is 4.16. The monoisotopic (exact) mass is 316 g/mol. The van der Waals surface area contributed by atoms with E-state index in [4.69, 9.17) is 5.11 Å². The highest BCUT2D eigenvalue weighted by Crippen LogP contribution is 2.25. The van der Waals surface area contributed by atoms with Crippen LogP contribution in [0.3, 0.4) is 0 Å². The standard InChI is InChI=1S/C12H10F2N2O4S/c1-6-10(12(17)18)9(5-15-6)16-21(19,20)11-7(13)3-2-4-8(11)14/h2-5,15-16H,1H3,(H,17,18). The van der Waals surface area contributed by atoms with Crippen molar-refractivity contribution in [2.24, 2.45) is 0 Å². The Kier molecular flexibility index (Phi) is 3.69. The van der Waals surface area contributed by atoms with Crippen molar-refractivity contribution in [2.75, 3.05) is 4.72 Å². The molecule has 21 heavy (non-hydrogen) atoms. The maximum Gasteiger partial charge on any atom is 0.339 e. The average molecular weight is 316 g/mol. The van der Waals surface area contributed by atoms with Crippen LogP contribution in [-0.2, 0) is 10.0 Å². The van der Waals surface area contributed by atoms with Crippen molar-refractivity contribution in [1.29, 1.82) is 0 Å². The van der Waals surface area contributed by atoms with Crippen LogP contribution >= 0.6 is 0 Å². The topological polar surface area (TPSA) is 99.3 Å². The van der Waals surface area contributed by atoms with Gasteiger partial charge in [-0.2, -0.15) is 0 Å². The van der Waals surface area contributed by atoms with E-state index in [1.54, 1.807) is 0 Å². The molecule has 2 aromatic rings. The molecule has 6 nitrogen and oxygen atoms in total. The molecule has 0 aliphatic carbocycles. The molecule has 112 valence electrons. The normalized spacial score (nSPS) is 11.4. The van der Waals surface area contributed by atoms with Crippen molar-refractivity contribution in [2.45, 2.75) is 11.8 Å². The second-order valence-corrected chi connectivity index (χ2v) is 5.78. The van der Waals surface area contributed by atoms with Crippen molar-refractivity contribution >= 4 is 21.7 Å². The SMILES string of the molecule is Cc1[nH]cc(NS(=O)(=O)c2c(F)cccc2F)c1C(=O)O. The summed E-state index contributed by atoms with van der Waals surface area (Å²) in [5.74, 6) is -3.92. The van der Waals surface area contributed by atoms with E-state index in [1.165, 1.54) is 6.92 Å². The Morgan fingerprint density at radius 1 is 1.29 bits per heavy atom. The van der Waals surface area contributed by atoms with E-state index >= 15 is 0 Å². The van der Waals surface area contributed by atoms with Gasteiger partial charge in [-0.25, -0.2) is 22.0 Å². The average Bonchev–Trinajstić information content (AvgIpc) is 2.68. The van der Waals surface area contributed by atoms with Gasteiger partial charge in [0, 0.05) is 11.9 Å². The Bertz CT molecular complexity index is 794. The number of carboxylic acids is 1. The van der Waals surface area contributed by atoms with Crippen LogP contribution in [0.2, 0.25) is 0 Å². The van der Waals surface area contributed by atoms with E-state index in [0.29, 0.717) is 0 Å². The minimum Gasteiger partial charge on any atom is -0.478 e. The minimum absolute atomic E-state index is 0.203. The zero-order valence-corrected chi connectivity index (χ0v) is 11.5. The van der Waals surface area contributed by atoms with Gasteiger partial charge in [0.25, 0.3) is 10.0 Å². The highest BCUT2D eigenvalue weighted by molar-refractivity contribution is 7.92. The first-order valence-corrected chi connectivity index (χ1v) is 7.10. The molecule has 2 rings (SSSR count). The summed E-state index contributed by atoms with van der Waals surface area (Å²) in [5, 5.41) is 9.01. The predicted molar refractivity (Wildman–Crippen MR) is 69.7 cm³/mol. The van der Waals surface area contributed by atoms with Crippen LogP contribution in [-0.4, -0.2) is 24.5 Å². The first-order valence-electron chi connectivity index (χ1n) is 5.62. The molecule has 0 spiro atoms. The third kappa shape index (κ3) is 2.72. The molecule has 0 aliphatic heterocycles. The number of rotatable bonds is 4. The summed E-state index contributed by atoms with van der Waals surface area (Å²) in [6.07, 6.45) is 1.09. The minimum atomic E-state index is -4.60. The highest BCUT2D eigenvalue weighted by Gasteiger charge is 2.26. The number of aromatic carboxylic acids is 1. The summed E-state index contributed by atoms with van der Waals surface area (Å²) in [7, 11) is -4.60. The van der Waals surface area contributed by atoms with Crippen molar-refractivity contribution in [3.8, 4) is 0 Å². The quantitative estimate of drug-likeness (QED) is 0.804. The number of carboxylic acid groups (broad SMARTS) is 1. The van der Waals surface area contributed by atoms with Gasteiger partial charge in [0.2, 0.25) is 0 Å². The molecule has 0 amide bonds. The van der Waals surface area contributed by atoms with Crippen molar-refractivity contribution < 1.29 is 27.1 Å². The van der Waals surface area contributed by atoms with Crippen LogP contribution in [0, 0.1) is 18.6 Å². The van der Waals surface area contributed by atoms with Gasteiger partial charge in [-0.3, -0.25) is 4.72 Å². The molecule has 9 heteroatoms. The van der Waals surface area contributed by atoms with Gasteiger partial charge in [-0.15, -0.1) is 0 Å². The number of aromatic amines is 1. The van der Waals surface area contributed by atoms with E-state index in [2.05, 4.69) is 4.98 Å². The molecule has 0 aliphatic rings. The number of carbonyl (C=O) groups is 1. The van der Waals surface area contributed by atoms with Gasteiger partial charge in [-0.1, -0.05) is 6.07 Å². The van der Waals surface area contributed by atoms with Gasteiger partial charge in [0.1, 0.15) is 17.2 Å². The lowest BCUT2D eigenvalue weighted by molar-refractivity contribution is 0.0697. The number of anilines is 1. The Balaban J connectivity index is 2.51. The van der Waals surface area contributed by atoms with Crippen LogP contribution in [0.25, 0.3) is 0 Å². The van der Waals surface area contributed by atoms with Gasteiger partial charge in [-0.05, 0) is 19.1 Å². The number of hydrogen-bond acceptors (Lipinski definition) is 3. The van der Waals surface area contributed by atoms with Gasteiger partial charge < -0.3 is 10.1 Å². The number of hydrogen-bond donors (Lipinski definition) is 3. The van der Waals surface area contributed by atoms with Gasteiger partial charge in [0.05, 0.1) is 5.69 Å². The lowest BCUT2D eigenvalue weighted by Crippen LogP contribution is -2.17. The van der Waals surface area contributed by atoms with E-state index in [9.17, 15) is 22.0 Å². The van der Waals surface area contributed by atoms with Crippen LogP contribution in [0.1, 0.15) is 16.1 Å². The molecule has 0 saturated carbocycles. The van der Waals surface area contributed by atoms with Crippen LogP contribution < -0.4 is 4.72 Å². The van der Waals surface area contributed by atoms with Crippen LogP contribution in [0.5, 0.6) is 0 Å². The van der Waals surface area contributed by atoms with Gasteiger partial charge >= 0.3 is 5.97 Å². The zero-order chi connectivity index (χ0) is 15.8.